The van der Waals surface area contributed by atoms with Gasteiger partial charge < -0.3 is 4.74 Å². The Morgan fingerprint density at radius 1 is 1.40 bits per heavy atom. The van der Waals surface area contributed by atoms with Crippen LogP contribution in [0.5, 0.6) is 0 Å². The van der Waals surface area contributed by atoms with E-state index in [1.807, 2.05) is 0 Å². The summed E-state index contributed by atoms with van der Waals surface area (Å²) in [4.78, 5) is 11.3. The summed E-state index contributed by atoms with van der Waals surface area (Å²) in [7, 11) is -3.58. The maximum atomic E-state index is 12.1. The van der Waals surface area contributed by atoms with E-state index in [1.54, 1.807) is 19.9 Å². The Labute approximate surface area is 124 Å². The first-order chi connectivity index (χ1) is 9.36. The van der Waals surface area contributed by atoms with Gasteiger partial charge in [-0.3, -0.25) is 4.79 Å². The molecule has 0 saturated carbocycles. The molecule has 1 rings (SSSR count). The Morgan fingerprint density at radius 2 is 2.10 bits per heavy atom. The first-order valence-electron chi connectivity index (χ1n) is 6.28. The predicted molar refractivity (Wildman–Crippen MR) is 77.2 cm³/mol. The minimum atomic E-state index is -3.58. The van der Waals surface area contributed by atoms with Crippen molar-refractivity contribution in [2.75, 3.05) is 13.2 Å². The van der Waals surface area contributed by atoms with Crippen molar-refractivity contribution >= 4 is 27.6 Å². The SMILES string of the molecule is CCOC(=O)CCCNS(=O)(=O)c1ccc(Cl)cc1C. The molecule has 0 aliphatic carbocycles. The second kappa shape index (κ2) is 7.61. The van der Waals surface area contributed by atoms with Crippen LogP contribution in [0.25, 0.3) is 0 Å². The number of benzene rings is 1. The maximum absolute atomic E-state index is 12.1. The molecule has 0 fully saturated rings. The van der Waals surface area contributed by atoms with E-state index in [0.29, 0.717) is 23.6 Å². The highest BCUT2D eigenvalue weighted by molar-refractivity contribution is 7.89. The largest absolute Gasteiger partial charge is 0.466 e. The van der Waals surface area contributed by atoms with Crippen LogP contribution in [0.1, 0.15) is 25.3 Å². The van der Waals surface area contributed by atoms with E-state index in [9.17, 15) is 13.2 Å². The highest BCUT2D eigenvalue weighted by Gasteiger charge is 2.16. The summed E-state index contributed by atoms with van der Waals surface area (Å²) in [6.07, 6.45) is 0.584. The Hall–Kier alpha value is -1.11. The standard InChI is InChI=1S/C13H18ClNO4S/c1-3-19-13(16)5-4-8-15-20(17,18)12-7-6-11(14)9-10(12)2/h6-7,9,15H,3-5,8H2,1-2H3. The molecule has 0 heterocycles. The Bertz CT molecular complexity index is 572. The number of halogens is 1. The average Bonchev–Trinajstić information content (AvgIpc) is 2.34. The lowest BCUT2D eigenvalue weighted by molar-refractivity contribution is -0.143. The van der Waals surface area contributed by atoms with Gasteiger partial charge in [0.05, 0.1) is 11.5 Å². The van der Waals surface area contributed by atoms with E-state index >= 15 is 0 Å². The summed E-state index contributed by atoms with van der Waals surface area (Å²) in [6.45, 7) is 3.92. The molecule has 0 bridgehead atoms. The summed E-state index contributed by atoms with van der Waals surface area (Å²) >= 11 is 5.79. The van der Waals surface area contributed by atoms with Gasteiger partial charge in [0, 0.05) is 18.0 Å². The van der Waals surface area contributed by atoms with E-state index in [2.05, 4.69) is 4.72 Å². The van der Waals surface area contributed by atoms with Crippen molar-refractivity contribution < 1.29 is 17.9 Å². The van der Waals surface area contributed by atoms with Crippen molar-refractivity contribution in [1.82, 2.24) is 4.72 Å². The molecule has 20 heavy (non-hydrogen) atoms. The third-order valence-corrected chi connectivity index (χ3v) is 4.44. The van der Waals surface area contributed by atoms with Crippen molar-refractivity contribution in [2.24, 2.45) is 0 Å². The molecule has 0 unspecified atom stereocenters. The number of carbonyl (C=O) groups is 1. The predicted octanol–water partition coefficient (Wildman–Crippen LogP) is 2.27. The summed E-state index contributed by atoms with van der Waals surface area (Å²) in [6, 6.07) is 4.59. The summed E-state index contributed by atoms with van der Waals surface area (Å²) < 4.78 is 31.3. The third kappa shape index (κ3) is 5.11. The van der Waals surface area contributed by atoms with Crippen LogP contribution in [0.4, 0.5) is 0 Å². The molecule has 1 aromatic rings. The molecule has 0 spiro atoms. The zero-order valence-electron chi connectivity index (χ0n) is 11.5. The minimum Gasteiger partial charge on any atom is -0.466 e. The van der Waals surface area contributed by atoms with E-state index < -0.39 is 10.0 Å². The van der Waals surface area contributed by atoms with Gasteiger partial charge in [-0.25, -0.2) is 13.1 Å². The lowest BCUT2D eigenvalue weighted by Crippen LogP contribution is -2.26. The number of aryl methyl sites for hydroxylation is 1. The fraction of sp³-hybridized carbons (Fsp3) is 0.462. The van der Waals surface area contributed by atoms with Gasteiger partial charge in [0.25, 0.3) is 0 Å². The van der Waals surface area contributed by atoms with Crippen LogP contribution in [0.15, 0.2) is 23.1 Å². The van der Waals surface area contributed by atoms with Crippen molar-refractivity contribution in [3.05, 3.63) is 28.8 Å². The second-order valence-electron chi connectivity index (χ2n) is 4.22. The number of nitrogens with one attached hydrogen (secondary N) is 1. The number of sulfonamides is 1. The van der Waals surface area contributed by atoms with Crippen molar-refractivity contribution in [3.63, 3.8) is 0 Å². The third-order valence-electron chi connectivity index (χ3n) is 2.58. The smallest absolute Gasteiger partial charge is 0.305 e. The highest BCUT2D eigenvalue weighted by atomic mass is 35.5. The van der Waals surface area contributed by atoms with Crippen LogP contribution < -0.4 is 4.72 Å². The van der Waals surface area contributed by atoms with Gasteiger partial charge in [0.1, 0.15) is 0 Å². The highest BCUT2D eigenvalue weighted by Crippen LogP contribution is 2.19. The van der Waals surface area contributed by atoms with E-state index in [-0.39, 0.29) is 23.8 Å². The fourth-order valence-corrected chi connectivity index (χ4v) is 3.19. The lowest BCUT2D eigenvalue weighted by atomic mass is 10.2. The molecule has 0 aliphatic heterocycles. The normalized spacial score (nSPS) is 11.3. The monoisotopic (exact) mass is 319 g/mol. The van der Waals surface area contributed by atoms with Gasteiger partial charge in [-0.05, 0) is 44.0 Å². The van der Waals surface area contributed by atoms with E-state index in [4.69, 9.17) is 16.3 Å². The Balaban J connectivity index is 2.56. The van der Waals surface area contributed by atoms with Crippen LogP contribution in [0.3, 0.4) is 0 Å². The van der Waals surface area contributed by atoms with E-state index in [0.717, 1.165) is 0 Å². The Morgan fingerprint density at radius 3 is 2.70 bits per heavy atom. The number of ether oxygens (including phenoxy) is 1. The van der Waals surface area contributed by atoms with Crippen LogP contribution >= 0.6 is 11.6 Å². The quantitative estimate of drug-likeness (QED) is 0.618. The Kier molecular flexibility index (Phi) is 6.45. The van der Waals surface area contributed by atoms with Gasteiger partial charge in [-0.1, -0.05) is 11.6 Å². The zero-order chi connectivity index (χ0) is 15.2. The molecule has 0 aromatic heterocycles. The molecule has 0 aliphatic rings. The van der Waals surface area contributed by atoms with Crippen LogP contribution in [0.2, 0.25) is 5.02 Å². The van der Waals surface area contributed by atoms with Crippen LogP contribution in [-0.4, -0.2) is 27.5 Å². The molecule has 1 N–H and O–H groups in total. The summed E-state index contributed by atoms with van der Waals surface area (Å²) in [5, 5.41) is 0.490. The van der Waals surface area contributed by atoms with Gasteiger partial charge in [-0.15, -0.1) is 0 Å². The number of hydrogen-bond acceptors (Lipinski definition) is 4. The first-order valence-corrected chi connectivity index (χ1v) is 8.14. The molecule has 112 valence electrons. The molecule has 1 aromatic carbocycles. The number of esters is 1. The second-order valence-corrected chi connectivity index (χ2v) is 6.39. The zero-order valence-corrected chi connectivity index (χ0v) is 13.1. The number of carbonyl (C=O) groups excluding carboxylic acids is 1. The van der Waals surface area contributed by atoms with Gasteiger partial charge in [-0.2, -0.15) is 0 Å². The fourth-order valence-electron chi connectivity index (χ4n) is 1.66. The number of hydrogen-bond donors (Lipinski definition) is 1. The van der Waals surface area contributed by atoms with Gasteiger partial charge in [0.15, 0.2) is 0 Å². The lowest BCUT2D eigenvalue weighted by Gasteiger charge is -2.09. The van der Waals surface area contributed by atoms with E-state index in [1.165, 1.54) is 12.1 Å². The van der Waals surface area contributed by atoms with Crippen molar-refractivity contribution in [3.8, 4) is 0 Å². The van der Waals surface area contributed by atoms with Crippen molar-refractivity contribution in [2.45, 2.75) is 31.6 Å². The molecular weight excluding hydrogens is 302 g/mol. The molecule has 5 nitrogen and oxygen atoms in total. The summed E-state index contributed by atoms with van der Waals surface area (Å²) in [5.74, 6) is -0.325. The summed E-state index contributed by atoms with van der Waals surface area (Å²) in [5.41, 5.74) is 0.579. The van der Waals surface area contributed by atoms with Crippen LogP contribution in [0, 0.1) is 6.92 Å². The molecule has 0 radical (unpaired) electrons. The topological polar surface area (TPSA) is 72.5 Å². The van der Waals surface area contributed by atoms with Crippen LogP contribution in [-0.2, 0) is 19.6 Å². The minimum absolute atomic E-state index is 0.184. The molecule has 0 atom stereocenters. The molecule has 7 heteroatoms. The maximum Gasteiger partial charge on any atom is 0.305 e. The first kappa shape index (κ1) is 16.9. The van der Waals surface area contributed by atoms with Crippen molar-refractivity contribution in [1.29, 1.82) is 0 Å². The molecule has 0 amide bonds. The van der Waals surface area contributed by atoms with Gasteiger partial charge >= 0.3 is 5.97 Å². The molecular formula is C13H18ClNO4S. The molecule has 0 saturated heterocycles. The average molecular weight is 320 g/mol. The number of rotatable bonds is 7. The van der Waals surface area contributed by atoms with Gasteiger partial charge in [0.2, 0.25) is 10.0 Å².